The van der Waals surface area contributed by atoms with Crippen molar-refractivity contribution >= 4 is 40.6 Å². The Morgan fingerprint density at radius 1 is 1.12 bits per heavy atom. The highest BCUT2D eigenvalue weighted by atomic mass is 32.2. The molecule has 0 aliphatic heterocycles. The first kappa shape index (κ1) is 24.6. The Kier molecular flexibility index (Phi) is 7.38. The maximum Gasteiger partial charge on any atom is 0.347 e. The number of carbonyl (C=O) groups excluding carboxylic acids is 1. The first-order chi connectivity index (χ1) is 15.5. The minimum absolute atomic E-state index is 0.200. The van der Waals surface area contributed by atoms with E-state index in [0.29, 0.717) is 11.5 Å². The van der Waals surface area contributed by atoms with E-state index < -0.39 is 11.6 Å². The van der Waals surface area contributed by atoms with Crippen LogP contribution in [-0.4, -0.2) is 28.2 Å². The fraction of sp³-hybridized carbons (Fsp3) is 0.333. The van der Waals surface area contributed by atoms with E-state index in [1.54, 1.807) is 17.8 Å². The van der Waals surface area contributed by atoms with E-state index in [0.717, 1.165) is 50.3 Å². The molecule has 0 fully saturated rings. The molecule has 0 aliphatic rings. The minimum Gasteiger partial charge on any atom is -0.478 e. The lowest BCUT2D eigenvalue weighted by Gasteiger charge is -2.24. The van der Waals surface area contributed by atoms with Crippen molar-refractivity contribution in [2.75, 3.05) is 5.75 Å². The summed E-state index contributed by atoms with van der Waals surface area (Å²) in [5.41, 5.74) is 2.64. The summed E-state index contributed by atoms with van der Waals surface area (Å²) in [6.07, 6.45) is 4.34. The normalized spacial score (nSPS) is 11.9. The zero-order valence-electron chi connectivity index (χ0n) is 19.9. The number of benzene rings is 2. The Bertz CT molecular complexity index is 1210. The number of hydrogen-bond donors (Lipinski definition) is 1. The molecule has 3 rings (SSSR count). The van der Waals surface area contributed by atoms with Gasteiger partial charge in [-0.1, -0.05) is 13.0 Å². The number of hydrogen-bond acceptors (Lipinski definition) is 5. The van der Waals surface area contributed by atoms with E-state index in [9.17, 15) is 14.7 Å². The lowest BCUT2D eigenvalue weighted by molar-refractivity contribution is -0.152. The summed E-state index contributed by atoms with van der Waals surface area (Å²) in [5.74, 6) is 0.685. The lowest BCUT2D eigenvalue weighted by Crippen LogP contribution is -2.38. The number of aliphatic carboxylic acids is 1. The predicted molar refractivity (Wildman–Crippen MR) is 134 cm³/mol. The van der Waals surface area contributed by atoms with Gasteiger partial charge in [0.1, 0.15) is 11.3 Å². The summed E-state index contributed by atoms with van der Waals surface area (Å²) in [6, 6.07) is 9.81. The smallest absolute Gasteiger partial charge is 0.347 e. The zero-order chi connectivity index (χ0) is 24.3. The van der Waals surface area contributed by atoms with E-state index in [1.165, 1.54) is 19.9 Å². The maximum atomic E-state index is 12.9. The number of furan rings is 1. The van der Waals surface area contributed by atoms with Gasteiger partial charge in [-0.25, -0.2) is 4.79 Å². The van der Waals surface area contributed by atoms with Gasteiger partial charge in [-0.2, -0.15) is 0 Å². The topological polar surface area (TPSA) is 76.7 Å². The van der Waals surface area contributed by atoms with Crippen LogP contribution in [0.3, 0.4) is 0 Å². The number of fused-ring (bicyclic) bond motifs is 1. The molecule has 1 heterocycles. The molecule has 0 saturated carbocycles. The van der Waals surface area contributed by atoms with Gasteiger partial charge in [0.05, 0.1) is 0 Å². The van der Waals surface area contributed by atoms with E-state index in [4.69, 9.17) is 9.15 Å². The van der Waals surface area contributed by atoms with Crippen molar-refractivity contribution in [1.29, 1.82) is 0 Å². The van der Waals surface area contributed by atoms with Crippen LogP contribution in [0.2, 0.25) is 0 Å². The van der Waals surface area contributed by atoms with E-state index in [2.05, 4.69) is 13.0 Å². The van der Waals surface area contributed by atoms with Crippen LogP contribution in [0.5, 0.6) is 5.75 Å². The number of carboxylic acids is 1. The molecule has 1 N–H and O–H groups in total. The second kappa shape index (κ2) is 9.87. The Balaban J connectivity index is 1.83. The molecular formula is C27H30O5S. The fourth-order valence-electron chi connectivity index (χ4n) is 3.54. The van der Waals surface area contributed by atoms with E-state index in [-0.39, 0.29) is 5.78 Å². The molecule has 0 radical (unpaired) electrons. The molecule has 0 spiro atoms. The van der Waals surface area contributed by atoms with Crippen LogP contribution in [0.4, 0.5) is 0 Å². The molecule has 0 bridgehead atoms. The van der Waals surface area contributed by atoms with Crippen LogP contribution in [-0.2, 0) is 4.79 Å². The van der Waals surface area contributed by atoms with Gasteiger partial charge in [-0.15, -0.1) is 11.8 Å². The summed E-state index contributed by atoms with van der Waals surface area (Å²) in [5, 5.41) is 10.3. The van der Waals surface area contributed by atoms with Gasteiger partial charge < -0.3 is 14.3 Å². The van der Waals surface area contributed by atoms with Gasteiger partial charge in [0, 0.05) is 15.8 Å². The van der Waals surface area contributed by atoms with Crippen LogP contribution in [0, 0.1) is 20.8 Å². The van der Waals surface area contributed by atoms with Gasteiger partial charge in [-0.05, 0) is 99.9 Å². The standard InChI is InChI=1S/C27H30O5S/c1-7-12-33-20-9-10-21-18(4)25(31-23(21)15-20)22(28)11-8-19-13-16(2)24(17(3)14-19)32-27(5,6)26(29)30/h8-11,13-15H,7,12H2,1-6H3,(H,29,30)/b11-8+. The molecule has 5 nitrogen and oxygen atoms in total. The first-order valence-corrected chi connectivity index (χ1v) is 11.9. The molecule has 0 atom stereocenters. The summed E-state index contributed by atoms with van der Waals surface area (Å²) in [4.78, 5) is 25.4. The van der Waals surface area contributed by atoms with Gasteiger partial charge >= 0.3 is 5.97 Å². The average Bonchev–Trinajstić information content (AvgIpc) is 3.09. The zero-order valence-corrected chi connectivity index (χ0v) is 20.8. The Morgan fingerprint density at radius 2 is 1.79 bits per heavy atom. The number of rotatable bonds is 9. The summed E-state index contributed by atoms with van der Waals surface area (Å²) in [6.45, 7) is 10.8. The fourth-order valence-corrected chi connectivity index (χ4v) is 4.33. The van der Waals surface area contributed by atoms with Gasteiger partial charge in [0.15, 0.2) is 11.4 Å². The molecular weight excluding hydrogens is 436 g/mol. The number of carbonyl (C=O) groups is 2. The van der Waals surface area contributed by atoms with Crippen LogP contribution in [0.15, 0.2) is 45.7 Å². The molecule has 33 heavy (non-hydrogen) atoms. The third-order valence-corrected chi connectivity index (χ3v) is 6.59. The van der Waals surface area contributed by atoms with Crippen molar-refractivity contribution in [2.24, 2.45) is 0 Å². The van der Waals surface area contributed by atoms with Crippen molar-refractivity contribution in [3.8, 4) is 5.75 Å². The highest BCUT2D eigenvalue weighted by Crippen LogP contribution is 2.31. The third-order valence-electron chi connectivity index (χ3n) is 5.39. The van der Waals surface area contributed by atoms with Crippen LogP contribution < -0.4 is 4.74 Å². The van der Waals surface area contributed by atoms with Crippen molar-refractivity contribution < 1.29 is 23.8 Å². The molecule has 6 heteroatoms. The van der Waals surface area contributed by atoms with Crippen molar-refractivity contribution in [1.82, 2.24) is 0 Å². The molecule has 0 amide bonds. The van der Waals surface area contributed by atoms with Crippen LogP contribution in [0.1, 0.15) is 60.0 Å². The lowest BCUT2D eigenvalue weighted by atomic mass is 10.0. The SMILES string of the molecule is CCCSc1ccc2c(C)c(C(=O)/C=C/c3cc(C)c(OC(C)(C)C(=O)O)c(C)c3)oc2c1. The molecule has 3 aromatic rings. The van der Waals surface area contributed by atoms with Crippen LogP contribution >= 0.6 is 11.8 Å². The van der Waals surface area contributed by atoms with Crippen molar-refractivity contribution in [2.45, 2.75) is 58.5 Å². The molecule has 174 valence electrons. The highest BCUT2D eigenvalue weighted by Gasteiger charge is 2.30. The predicted octanol–water partition coefficient (Wildman–Crippen LogP) is 7.00. The van der Waals surface area contributed by atoms with Crippen molar-refractivity contribution in [3.63, 3.8) is 0 Å². The monoisotopic (exact) mass is 466 g/mol. The minimum atomic E-state index is -1.34. The van der Waals surface area contributed by atoms with Crippen LogP contribution in [0.25, 0.3) is 17.0 Å². The number of thioether (sulfide) groups is 1. The Morgan fingerprint density at radius 3 is 2.39 bits per heavy atom. The number of carboxylic acid groups (broad SMARTS) is 1. The van der Waals surface area contributed by atoms with Gasteiger partial charge in [0.2, 0.25) is 5.78 Å². The quantitative estimate of drug-likeness (QED) is 0.208. The highest BCUT2D eigenvalue weighted by molar-refractivity contribution is 7.99. The van der Waals surface area contributed by atoms with E-state index in [1.807, 2.05) is 45.0 Å². The molecule has 0 aliphatic carbocycles. The Hall–Kier alpha value is -2.99. The summed E-state index contributed by atoms with van der Waals surface area (Å²) >= 11 is 1.77. The number of allylic oxidation sites excluding steroid dienone is 1. The molecule has 0 saturated heterocycles. The number of aryl methyl sites for hydroxylation is 3. The second-order valence-electron chi connectivity index (χ2n) is 8.66. The second-order valence-corrected chi connectivity index (χ2v) is 9.83. The summed E-state index contributed by atoms with van der Waals surface area (Å²) in [7, 11) is 0. The third kappa shape index (κ3) is 5.50. The molecule has 0 unspecified atom stereocenters. The molecule has 1 aromatic heterocycles. The van der Waals surface area contributed by atoms with Crippen molar-refractivity contribution in [3.05, 3.63) is 64.4 Å². The largest absolute Gasteiger partial charge is 0.478 e. The average molecular weight is 467 g/mol. The first-order valence-electron chi connectivity index (χ1n) is 11.0. The van der Waals surface area contributed by atoms with Gasteiger partial charge in [0.25, 0.3) is 0 Å². The maximum absolute atomic E-state index is 12.9. The van der Waals surface area contributed by atoms with E-state index >= 15 is 0 Å². The van der Waals surface area contributed by atoms with Gasteiger partial charge in [-0.3, -0.25) is 4.79 Å². The Labute approximate surface area is 198 Å². The number of ketones is 1. The molecule has 2 aromatic carbocycles. The summed E-state index contributed by atoms with van der Waals surface area (Å²) < 4.78 is 11.7. The number of ether oxygens (including phenoxy) is 1.